The molecule has 0 aromatic heterocycles. The summed E-state index contributed by atoms with van der Waals surface area (Å²) in [7, 11) is 0. The van der Waals surface area contributed by atoms with E-state index in [9.17, 15) is 8.78 Å². The number of nitrogens with two attached hydrogens (primary N) is 1. The lowest BCUT2D eigenvalue weighted by Gasteiger charge is -2.15. The van der Waals surface area contributed by atoms with Crippen molar-refractivity contribution in [1.82, 2.24) is 5.43 Å². The zero-order valence-electron chi connectivity index (χ0n) is 8.06. The molecule has 0 aliphatic carbocycles. The molecule has 14 heavy (non-hydrogen) atoms. The monoisotopic (exact) mass is 200 g/mol. The molecule has 4 heteroatoms. The zero-order valence-corrected chi connectivity index (χ0v) is 8.06. The fraction of sp³-hybridized carbons (Fsp3) is 0.400. The summed E-state index contributed by atoms with van der Waals surface area (Å²) in [5.74, 6) is 4.40. The molecule has 0 aliphatic rings. The Hall–Kier alpha value is -1.00. The van der Waals surface area contributed by atoms with Gasteiger partial charge in [0.05, 0.1) is 0 Å². The van der Waals surface area contributed by atoms with Gasteiger partial charge in [-0.05, 0) is 24.6 Å². The van der Waals surface area contributed by atoms with E-state index >= 15 is 0 Å². The number of hydrazine groups is 1. The molecule has 1 atom stereocenters. The Balaban J connectivity index is 2.96. The molecule has 1 rings (SSSR count). The Morgan fingerprint density at radius 2 is 2.14 bits per heavy atom. The summed E-state index contributed by atoms with van der Waals surface area (Å²) in [5, 5.41) is 0. The summed E-state index contributed by atoms with van der Waals surface area (Å²) >= 11 is 0. The van der Waals surface area contributed by atoms with E-state index in [1.54, 1.807) is 0 Å². The molecule has 0 saturated carbocycles. The SMILES string of the molecule is CCCC(NN)c1cc(F)ccc1F. The van der Waals surface area contributed by atoms with E-state index in [4.69, 9.17) is 5.84 Å². The highest BCUT2D eigenvalue weighted by Crippen LogP contribution is 2.21. The van der Waals surface area contributed by atoms with Crippen LogP contribution in [0.15, 0.2) is 18.2 Å². The molecule has 3 N–H and O–H groups in total. The van der Waals surface area contributed by atoms with Gasteiger partial charge in [-0.1, -0.05) is 13.3 Å². The molecule has 0 amide bonds. The van der Waals surface area contributed by atoms with Crippen LogP contribution in [0.5, 0.6) is 0 Å². The molecule has 0 aliphatic heterocycles. The second kappa shape index (κ2) is 5.02. The maximum absolute atomic E-state index is 13.3. The quantitative estimate of drug-likeness (QED) is 0.578. The van der Waals surface area contributed by atoms with Crippen molar-refractivity contribution in [3.63, 3.8) is 0 Å². The number of hydrogen-bond donors (Lipinski definition) is 2. The fourth-order valence-electron chi connectivity index (χ4n) is 1.40. The lowest BCUT2D eigenvalue weighted by molar-refractivity contribution is 0.475. The Kier molecular flexibility index (Phi) is 3.98. The van der Waals surface area contributed by atoms with Gasteiger partial charge in [0.15, 0.2) is 0 Å². The molecule has 1 aromatic carbocycles. The first kappa shape index (κ1) is 11.1. The maximum atomic E-state index is 13.3. The van der Waals surface area contributed by atoms with E-state index in [2.05, 4.69) is 5.43 Å². The van der Waals surface area contributed by atoms with Crippen LogP contribution in [0.2, 0.25) is 0 Å². The third kappa shape index (κ3) is 2.49. The number of hydrogen-bond acceptors (Lipinski definition) is 2. The maximum Gasteiger partial charge on any atom is 0.128 e. The number of nitrogens with one attached hydrogen (secondary N) is 1. The number of halogens is 2. The Labute approximate surface area is 82.1 Å². The van der Waals surface area contributed by atoms with Gasteiger partial charge in [-0.2, -0.15) is 0 Å². The van der Waals surface area contributed by atoms with Gasteiger partial charge in [-0.25, -0.2) is 8.78 Å². The average Bonchev–Trinajstić information content (AvgIpc) is 2.18. The summed E-state index contributed by atoms with van der Waals surface area (Å²) in [6.45, 7) is 1.96. The van der Waals surface area contributed by atoms with Gasteiger partial charge in [0.25, 0.3) is 0 Å². The predicted octanol–water partition coefficient (Wildman–Crippen LogP) is 2.27. The Morgan fingerprint density at radius 3 is 2.71 bits per heavy atom. The molecular weight excluding hydrogens is 186 g/mol. The van der Waals surface area contributed by atoms with Gasteiger partial charge < -0.3 is 0 Å². The molecule has 0 bridgehead atoms. The lowest BCUT2D eigenvalue weighted by atomic mass is 10.0. The van der Waals surface area contributed by atoms with E-state index in [0.717, 1.165) is 18.6 Å². The molecule has 0 radical (unpaired) electrons. The van der Waals surface area contributed by atoms with Crippen molar-refractivity contribution in [3.05, 3.63) is 35.4 Å². The van der Waals surface area contributed by atoms with Crippen LogP contribution in [-0.4, -0.2) is 0 Å². The first-order valence-electron chi connectivity index (χ1n) is 4.60. The van der Waals surface area contributed by atoms with Crippen LogP contribution in [-0.2, 0) is 0 Å². The highest BCUT2D eigenvalue weighted by Gasteiger charge is 2.13. The van der Waals surface area contributed by atoms with Crippen LogP contribution >= 0.6 is 0 Å². The van der Waals surface area contributed by atoms with Gasteiger partial charge in [-0.3, -0.25) is 11.3 Å². The molecule has 0 spiro atoms. The van der Waals surface area contributed by atoms with Crippen LogP contribution in [0.25, 0.3) is 0 Å². The largest absolute Gasteiger partial charge is 0.271 e. The molecular formula is C10H14F2N2. The standard InChI is InChI=1S/C10H14F2N2/c1-2-3-10(14-13)8-6-7(11)4-5-9(8)12/h4-6,10,14H,2-3,13H2,1H3. The smallest absolute Gasteiger partial charge is 0.128 e. The molecule has 1 unspecified atom stereocenters. The number of rotatable bonds is 4. The minimum absolute atomic E-state index is 0.286. The Bertz CT molecular complexity index is 302. The highest BCUT2D eigenvalue weighted by atomic mass is 19.1. The van der Waals surface area contributed by atoms with Crippen LogP contribution in [0, 0.1) is 11.6 Å². The van der Waals surface area contributed by atoms with Crippen molar-refractivity contribution in [2.24, 2.45) is 5.84 Å². The van der Waals surface area contributed by atoms with Crippen LogP contribution in [0.1, 0.15) is 31.4 Å². The number of benzene rings is 1. The van der Waals surface area contributed by atoms with Crippen molar-refractivity contribution < 1.29 is 8.78 Å². The summed E-state index contributed by atoms with van der Waals surface area (Å²) in [5.41, 5.74) is 2.77. The van der Waals surface area contributed by atoms with Gasteiger partial charge in [-0.15, -0.1) is 0 Å². The van der Waals surface area contributed by atoms with Crippen LogP contribution in [0.3, 0.4) is 0 Å². The average molecular weight is 200 g/mol. The van der Waals surface area contributed by atoms with Crippen molar-refractivity contribution >= 4 is 0 Å². The van der Waals surface area contributed by atoms with E-state index in [-0.39, 0.29) is 11.6 Å². The van der Waals surface area contributed by atoms with E-state index in [1.165, 1.54) is 6.07 Å². The summed E-state index contributed by atoms with van der Waals surface area (Å²) in [6, 6.07) is 3.06. The van der Waals surface area contributed by atoms with Crippen LogP contribution < -0.4 is 11.3 Å². The summed E-state index contributed by atoms with van der Waals surface area (Å²) in [6.07, 6.45) is 1.53. The molecule has 78 valence electrons. The predicted molar refractivity (Wildman–Crippen MR) is 51.3 cm³/mol. The second-order valence-electron chi connectivity index (χ2n) is 3.17. The second-order valence-corrected chi connectivity index (χ2v) is 3.17. The van der Waals surface area contributed by atoms with Crippen molar-refractivity contribution in [2.45, 2.75) is 25.8 Å². The van der Waals surface area contributed by atoms with E-state index in [1.807, 2.05) is 6.92 Å². The molecule has 0 fully saturated rings. The van der Waals surface area contributed by atoms with Gasteiger partial charge in [0.2, 0.25) is 0 Å². The van der Waals surface area contributed by atoms with Crippen molar-refractivity contribution in [3.8, 4) is 0 Å². The topological polar surface area (TPSA) is 38.0 Å². The van der Waals surface area contributed by atoms with Crippen molar-refractivity contribution in [1.29, 1.82) is 0 Å². The van der Waals surface area contributed by atoms with Gasteiger partial charge in [0, 0.05) is 11.6 Å². The van der Waals surface area contributed by atoms with E-state index < -0.39 is 11.6 Å². The van der Waals surface area contributed by atoms with E-state index in [0.29, 0.717) is 6.42 Å². The zero-order chi connectivity index (χ0) is 10.6. The first-order valence-corrected chi connectivity index (χ1v) is 4.60. The first-order chi connectivity index (χ1) is 6.69. The minimum atomic E-state index is -0.447. The van der Waals surface area contributed by atoms with Crippen molar-refractivity contribution in [2.75, 3.05) is 0 Å². The normalized spacial score (nSPS) is 12.9. The van der Waals surface area contributed by atoms with Gasteiger partial charge >= 0.3 is 0 Å². The Morgan fingerprint density at radius 1 is 1.43 bits per heavy atom. The lowest BCUT2D eigenvalue weighted by Crippen LogP contribution is -2.28. The molecule has 1 aromatic rings. The molecule has 0 saturated heterocycles. The molecule has 0 heterocycles. The highest BCUT2D eigenvalue weighted by molar-refractivity contribution is 5.22. The fourth-order valence-corrected chi connectivity index (χ4v) is 1.40. The summed E-state index contributed by atoms with van der Waals surface area (Å²) < 4.78 is 26.1. The third-order valence-corrected chi connectivity index (χ3v) is 2.11. The van der Waals surface area contributed by atoms with Gasteiger partial charge in [0.1, 0.15) is 11.6 Å². The third-order valence-electron chi connectivity index (χ3n) is 2.11. The summed E-state index contributed by atoms with van der Waals surface area (Å²) in [4.78, 5) is 0. The van der Waals surface area contributed by atoms with Crippen LogP contribution in [0.4, 0.5) is 8.78 Å². The minimum Gasteiger partial charge on any atom is -0.271 e. The molecule has 2 nitrogen and oxygen atoms in total.